The molecule has 0 atom stereocenters. The summed E-state index contributed by atoms with van der Waals surface area (Å²) in [5.41, 5.74) is 6.24. The summed E-state index contributed by atoms with van der Waals surface area (Å²) in [6, 6.07) is 3.31. The summed E-state index contributed by atoms with van der Waals surface area (Å²) >= 11 is 3.25. The average molecular weight is 288 g/mol. The van der Waals surface area contributed by atoms with Gasteiger partial charge < -0.3 is 5.73 Å². The summed E-state index contributed by atoms with van der Waals surface area (Å²) in [4.78, 5) is 0. The topological polar surface area (TPSA) is 43.8 Å². The Morgan fingerprint density at radius 1 is 1.38 bits per heavy atom. The van der Waals surface area contributed by atoms with E-state index in [4.69, 9.17) is 5.73 Å². The number of hydrogen-bond acceptors (Lipinski definition) is 2. The van der Waals surface area contributed by atoms with E-state index >= 15 is 0 Å². The Morgan fingerprint density at radius 2 is 2.12 bits per heavy atom. The zero-order valence-corrected chi connectivity index (χ0v) is 9.71. The molecule has 3 nitrogen and oxygen atoms in total. The summed E-state index contributed by atoms with van der Waals surface area (Å²) in [6.45, 7) is 0.246. The van der Waals surface area contributed by atoms with Gasteiger partial charge in [0.2, 0.25) is 0 Å². The van der Waals surface area contributed by atoms with Gasteiger partial charge in [-0.15, -0.1) is 0 Å². The quantitative estimate of drug-likeness (QED) is 0.922. The van der Waals surface area contributed by atoms with E-state index in [2.05, 4.69) is 21.0 Å². The summed E-state index contributed by atoms with van der Waals surface area (Å²) in [5, 5.41) is 4.07. The molecule has 0 bridgehead atoms. The molecule has 0 aliphatic rings. The highest BCUT2D eigenvalue weighted by Crippen LogP contribution is 2.19. The Hall–Kier alpha value is -1.27. The van der Waals surface area contributed by atoms with Gasteiger partial charge in [0.15, 0.2) is 5.82 Å². The molecular formula is C10H8BrF2N3. The van der Waals surface area contributed by atoms with Crippen LogP contribution in [-0.4, -0.2) is 9.78 Å². The van der Waals surface area contributed by atoms with E-state index in [0.717, 1.165) is 6.07 Å². The van der Waals surface area contributed by atoms with Crippen molar-refractivity contribution in [3.05, 3.63) is 46.2 Å². The third-order valence-corrected chi connectivity index (χ3v) is 2.75. The number of nitrogens with zero attached hydrogens (tertiary/aromatic N) is 2. The van der Waals surface area contributed by atoms with Gasteiger partial charge in [-0.05, 0) is 28.1 Å². The number of benzene rings is 1. The van der Waals surface area contributed by atoms with Crippen molar-refractivity contribution in [2.75, 3.05) is 0 Å². The smallest absolute Gasteiger partial charge is 0.151 e. The van der Waals surface area contributed by atoms with Crippen molar-refractivity contribution in [2.24, 2.45) is 5.73 Å². The summed E-state index contributed by atoms with van der Waals surface area (Å²) in [7, 11) is 0. The van der Waals surface area contributed by atoms with Crippen molar-refractivity contribution < 1.29 is 8.78 Å². The standard InChI is InChI=1S/C10H8BrF2N3/c11-7-5-16(15-9(7)4-14)10-2-1-6(12)3-8(10)13/h1-3,5H,4,14H2. The zero-order valence-electron chi connectivity index (χ0n) is 8.12. The molecule has 0 saturated heterocycles. The molecule has 2 N–H and O–H groups in total. The van der Waals surface area contributed by atoms with E-state index in [1.54, 1.807) is 6.20 Å². The molecule has 0 aliphatic heterocycles. The maximum atomic E-state index is 13.4. The minimum atomic E-state index is -0.668. The van der Waals surface area contributed by atoms with Gasteiger partial charge >= 0.3 is 0 Å². The van der Waals surface area contributed by atoms with E-state index in [1.807, 2.05) is 0 Å². The highest BCUT2D eigenvalue weighted by Gasteiger charge is 2.10. The van der Waals surface area contributed by atoms with Gasteiger partial charge in [-0.25, -0.2) is 13.5 Å². The zero-order chi connectivity index (χ0) is 11.7. The van der Waals surface area contributed by atoms with Gasteiger partial charge in [-0.2, -0.15) is 5.10 Å². The maximum Gasteiger partial charge on any atom is 0.151 e. The van der Waals surface area contributed by atoms with Crippen LogP contribution in [-0.2, 0) is 6.54 Å². The molecule has 6 heteroatoms. The van der Waals surface area contributed by atoms with Gasteiger partial charge in [0.05, 0.1) is 10.2 Å². The van der Waals surface area contributed by atoms with E-state index in [1.165, 1.54) is 16.8 Å². The fourth-order valence-electron chi connectivity index (χ4n) is 1.32. The highest BCUT2D eigenvalue weighted by atomic mass is 79.9. The van der Waals surface area contributed by atoms with Crippen molar-refractivity contribution >= 4 is 15.9 Å². The minimum absolute atomic E-state index is 0.182. The van der Waals surface area contributed by atoms with Crippen molar-refractivity contribution in [3.63, 3.8) is 0 Å². The molecule has 1 aromatic carbocycles. The molecule has 1 heterocycles. The Balaban J connectivity index is 2.50. The third-order valence-electron chi connectivity index (χ3n) is 2.09. The van der Waals surface area contributed by atoms with Crippen LogP contribution in [0.15, 0.2) is 28.9 Å². The predicted molar refractivity (Wildman–Crippen MR) is 59.1 cm³/mol. The van der Waals surface area contributed by atoms with Crippen molar-refractivity contribution in [3.8, 4) is 5.69 Å². The first-order chi connectivity index (χ1) is 7.61. The second-order valence-electron chi connectivity index (χ2n) is 3.17. The third kappa shape index (κ3) is 1.98. The molecule has 84 valence electrons. The van der Waals surface area contributed by atoms with Crippen LogP contribution in [0.1, 0.15) is 5.69 Å². The molecule has 0 fully saturated rings. The first-order valence-corrected chi connectivity index (χ1v) is 5.30. The molecule has 2 rings (SSSR count). The fraction of sp³-hybridized carbons (Fsp3) is 0.100. The highest BCUT2D eigenvalue weighted by molar-refractivity contribution is 9.10. The van der Waals surface area contributed by atoms with Gasteiger partial charge in [0.1, 0.15) is 11.5 Å². The molecule has 2 aromatic rings. The molecule has 0 amide bonds. The molecular weight excluding hydrogens is 280 g/mol. The van der Waals surface area contributed by atoms with Crippen molar-refractivity contribution in [1.29, 1.82) is 0 Å². The average Bonchev–Trinajstić information content (AvgIpc) is 2.59. The van der Waals surface area contributed by atoms with E-state index < -0.39 is 11.6 Å². The lowest BCUT2D eigenvalue weighted by atomic mass is 10.3. The monoisotopic (exact) mass is 287 g/mol. The second kappa shape index (κ2) is 4.31. The lowest BCUT2D eigenvalue weighted by Gasteiger charge is -2.02. The number of rotatable bonds is 2. The first kappa shape index (κ1) is 11.2. The van der Waals surface area contributed by atoms with Crippen LogP contribution in [0.25, 0.3) is 5.69 Å². The Morgan fingerprint density at radius 3 is 2.69 bits per heavy atom. The summed E-state index contributed by atoms with van der Waals surface area (Å²) in [6.07, 6.45) is 1.58. The van der Waals surface area contributed by atoms with Gasteiger partial charge in [-0.1, -0.05) is 0 Å². The molecule has 0 unspecified atom stereocenters. The second-order valence-corrected chi connectivity index (χ2v) is 4.02. The Kier molecular flexibility index (Phi) is 3.02. The fourth-order valence-corrected chi connectivity index (χ4v) is 1.75. The van der Waals surface area contributed by atoms with Crippen LogP contribution < -0.4 is 5.73 Å². The van der Waals surface area contributed by atoms with Crippen LogP contribution >= 0.6 is 15.9 Å². The molecule has 0 saturated carbocycles. The molecule has 0 radical (unpaired) electrons. The Bertz CT molecular complexity index is 525. The predicted octanol–water partition coefficient (Wildman–Crippen LogP) is 2.37. The van der Waals surface area contributed by atoms with Crippen LogP contribution in [0.4, 0.5) is 8.78 Å². The normalized spacial score (nSPS) is 10.8. The maximum absolute atomic E-state index is 13.4. The van der Waals surface area contributed by atoms with Gasteiger partial charge in [0.25, 0.3) is 0 Å². The molecule has 0 aliphatic carbocycles. The van der Waals surface area contributed by atoms with Crippen molar-refractivity contribution in [2.45, 2.75) is 6.54 Å². The molecule has 16 heavy (non-hydrogen) atoms. The summed E-state index contributed by atoms with van der Waals surface area (Å²) < 4.78 is 28.2. The number of hydrogen-bond donors (Lipinski definition) is 1. The first-order valence-electron chi connectivity index (χ1n) is 4.51. The number of halogens is 3. The summed E-state index contributed by atoms with van der Waals surface area (Å²) in [5.74, 6) is -1.29. The van der Waals surface area contributed by atoms with Crippen molar-refractivity contribution in [1.82, 2.24) is 9.78 Å². The van der Waals surface area contributed by atoms with Crippen LogP contribution in [0.5, 0.6) is 0 Å². The SMILES string of the molecule is NCc1nn(-c2ccc(F)cc2F)cc1Br. The van der Waals surface area contributed by atoms with E-state index in [9.17, 15) is 8.78 Å². The number of nitrogens with two attached hydrogens (primary N) is 1. The van der Waals surface area contributed by atoms with Crippen LogP contribution in [0.2, 0.25) is 0 Å². The van der Waals surface area contributed by atoms with E-state index in [0.29, 0.717) is 10.2 Å². The largest absolute Gasteiger partial charge is 0.325 e. The van der Waals surface area contributed by atoms with Gasteiger partial charge in [0, 0.05) is 18.8 Å². The molecule has 0 spiro atoms. The van der Waals surface area contributed by atoms with Crippen LogP contribution in [0.3, 0.4) is 0 Å². The van der Waals surface area contributed by atoms with Gasteiger partial charge in [-0.3, -0.25) is 0 Å². The number of aromatic nitrogens is 2. The lowest BCUT2D eigenvalue weighted by molar-refractivity contribution is 0.573. The minimum Gasteiger partial charge on any atom is -0.325 e. The van der Waals surface area contributed by atoms with Crippen LogP contribution in [0, 0.1) is 11.6 Å². The molecule has 1 aromatic heterocycles. The van der Waals surface area contributed by atoms with E-state index in [-0.39, 0.29) is 12.2 Å². The Labute approximate surface area is 99.0 Å². The lowest BCUT2D eigenvalue weighted by Crippen LogP contribution is -2.02.